The number of amides is 2. The van der Waals surface area contributed by atoms with Crippen LogP contribution in [-0.4, -0.2) is 48.3 Å². The van der Waals surface area contributed by atoms with Gasteiger partial charge in [-0.2, -0.15) is 0 Å². The molecule has 2 amide bonds. The van der Waals surface area contributed by atoms with Crippen LogP contribution in [0.1, 0.15) is 75.5 Å². The summed E-state index contributed by atoms with van der Waals surface area (Å²) >= 11 is 1.48. The van der Waals surface area contributed by atoms with E-state index < -0.39 is 0 Å². The Kier molecular flexibility index (Phi) is 10.4. The molecule has 2 fully saturated rings. The summed E-state index contributed by atoms with van der Waals surface area (Å²) in [6, 6.07) is 0. The summed E-state index contributed by atoms with van der Waals surface area (Å²) in [6.45, 7) is 2.57. The molecule has 1 N–H and O–H groups in total. The largest absolute Gasteiger partial charge is 0.449 e. The minimum absolute atomic E-state index is 0.260. The van der Waals surface area contributed by atoms with Crippen molar-refractivity contribution in [3.8, 4) is 0 Å². The van der Waals surface area contributed by atoms with E-state index in [4.69, 9.17) is 9.47 Å². The summed E-state index contributed by atoms with van der Waals surface area (Å²) in [6.07, 6.45) is 14.0. The van der Waals surface area contributed by atoms with E-state index in [0.29, 0.717) is 38.0 Å². The molecule has 1 aromatic heterocycles. The Morgan fingerprint density at radius 3 is 2.42 bits per heavy atom. The zero-order chi connectivity index (χ0) is 21.7. The molecule has 8 heteroatoms. The fraction of sp³-hybridized carbons (Fsp3) is 0.783. The number of thiazole rings is 1. The van der Waals surface area contributed by atoms with Crippen molar-refractivity contribution in [2.24, 2.45) is 11.8 Å². The van der Waals surface area contributed by atoms with Crippen molar-refractivity contribution in [1.29, 1.82) is 0 Å². The highest BCUT2D eigenvalue weighted by molar-refractivity contribution is 7.09. The maximum atomic E-state index is 12.7. The average molecular weight is 452 g/mol. The van der Waals surface area contributed by atoms with Crippen molar-refractivity contribution in [1.82, 2.24) is 15.2 Å². The first kappa shape index (κ1) is 23.8. The maximum absolute atomic E-state index is 12.7. The van der Waals surface area contributed by atoms with Gasteiger partial charge in [-0.05, 0) is 43.9 Å². The molecule has 2 aliphatic carbocycles. The predicted octanol–water partition coefficient (Wildman–Crippen LogP) is 5.36. The number of ether oxygens (including phenoxy) is 2. The van der Waals surface area contributed by atoms with Gasteiger partial charge in [0.2, 0.25) is 0 Å². The number of carbonyl (C=O) groups excluding carboxylic acids is 2. The van der Waals surface area contributed by atoms with Crippen LogP contribution < -0.4 is 5.32 Å². The van der Waals surface area contributed by atoms with Gasteiger partial charge in [0.15, 0.2) is 0 Å². The molecule has 7 nitrogen and oxygen atoms in total. The molecule has 0 bridgehead atoms. The van der Waals surface area contributed by atoms with Gasteiger partial charge in [-0.1, -0.05) is 38.5 Å². The highest BCUT2D eigenvalue weighted by Crippen LogP contribution is 2.25. The molecule has 0 aromatic carbocycles. The zero-order valence-corrected chi connectivity index (χ0v) is 19.4. The molecule has 2 saturated carbocycles. The first-order chi connectivity index (χ1) is 15.2. The van der Waals surface area contributed by atoms with Crippen LogP contribution in [0.15, 0.2) is 11.7 Å². The van der Waals surface area contributed by atoms with Crippen LogP contribution in [0.4, 0.5) is 9.59 Å². The topological polar surface area (TPSA) is 80.8 Å². The minimum Gasteiger partial charge on any atom is -0.449 e. The Morgan fingerprint density at radius 1 is 1.03 bits per heavy atom. The fourth-order valence-electron chi connectivity index (χ4n) is 4.53. The van der Waals surface area contributed by atoms with Gasteiger partial charge in [0.25, 0.3) is 0 Å². The lowest BCUT2D eigenvalue weighted by molar-refractivity contribution is 0.0870. The Labute approximate surface area is 189 Å². The van der Waals surface area contributed by atoms with Crippen LogP contribution in [0.25, 0.3) is 0 Å². The standard InChI is InChI=1S/C23H37N3O4S/c27-22(29-16-20-10-5-2-6-11-20)25-12-7-13-26(15-19-8-3-1-4-9-19)23(28)30-17-21-14-24-18-31-21/h14,18-20H,1-13,15-17H2,(H,25,27). The second kappa shape index (κ2) is 13.6. The van der Waals surface area contributed by atoms with Crippen LogP contribution in [0.5, 0.6) is 0 Å². The summed E-state index contributed by atoms with van der Waals surface area (Å²) in [5.74, 6) is 1.05. The van der Waals surface area contributed by atoms with Crippen LogP contribution in [-0.2, 0) is 16.1 Å². The summed E-state index contributed by atoms with van der Waals surface area (Å²) in [5, 5.41) is 2.83. The minimum atomic E-state index is -0.350. The number of hydrogen-bond acceptors (Lipinski definition) is 6. The smallest absolute Gasteiger partial charge is 0.410 e. The SMILES string of the molecule is O=C(NCCCN(CC1CCCCC1)C(=O)OCc1cncs1)OCC1CCCCC1. The molecule has 0 atom stereocenters. The molecule has 31 heavy (non-hydrogen) atoms. The third-order valence-corrected chi connectivity index (χ3v) is 7.09. The fourth-order valence-corrected chi connectivity index (χ4v) is 5.04. The molecule has 0 spiro atoms. The highest BCUT2D eigenvalue weighted by Gasteiger charge is 2.22. The van der Waals surface area contributed by atoms with E-state index in [0.717, 1.165) is 24.3 Å². The maximum Gasteiger partial charge on any atom is 0.410 e. The van der Waals surface area contributed by atoms with Gasteiger partial charge in [0.05, 0.1) is 17.0 Å². The Bertz CT molecular complexity index is 643. The van der Waals surface area contributed by atoms with E-state index >= 15 is 0 Å². The van der Waals surface area contributed by atoms with E-state index in [1.54, 1.807) is 11.7 Å². The predicted molar refractivity (Wildman–Crippen MR) is 121 cm³/mol. The summed E-state index contributed by atoms with van der Waals surface area (Å²) in [4.78, 5) is 31.4. The molecule has 0 saturated heterocycles. The van der Waals surface area contributed by atoms with Crippen molar-refractivity contribution < 1.29 is 19.1 Å². The number of alkyl carbamates (subject to hydrolysis) is 1. The first-order valence-electron chi connectivity index (χ1n) is 11.9. The average Bonchev–Trinajstić information content (AvgIpc) is 3.33. The van der Waals surface area contributed by atoms with Crippen molar-refractivity contribution in [3.63, 3.8) is 0 Å². The van der Waals surface area contributed by atoms with Crippen molar-refractivity contribution in [3.05, 3.63) is 16.6 Å². The summed E-state index contributed by atoms with van der Waals surface area (Å²) in [7, 11) is 0. The third-order valence-electron chi connectivity index (χ3n) is 6.33. The van der Waals surface area contributed by atoms with Crippen LogP contribution in [0.2, 0.25) is 0 Å². The molecular weight excluding hydrogens is 414 g/mol. The monoisotopic (exact) mass is 451 g/mol. The van der Waals surface area contributed by atoms with Crippen molar-refractivity contribution >= 4 is 23.5 Å². The van der Waals surface area contributed by atoms with Gasteiger partial charge in [0, 0.05) is 25.8 Å². The summed E-state index contributed by atoms with van der Waals surface area (Å²) < 4.78 is 10.9. The van der Waals surface area contributed by atoms with E-state index in [-0.39, 0.29) is 18.8 Å². The van der Waals surface area contributed by atoms with Crippen LogP contribution in [0, 0.1) is 11.8 Å². The zero-order valence-electron chi connectivity index (χ0n) is 18.6. The lowest BCUT2D eigenvalue weighted by atomic mass is 9.89. The number of aromatic nitrogens is 1. The molecule has 3 rings (SSSR count). The molecule has 1 heterocycles. The quantitative estimate of drug-likeness (QED) is 0.485. The highest BCUT2D eigenvalue weighted by atomic mass is 32.1. The number of rotatable bonds is 10. The second-order valence-corrected chi connectivity index (χ2v) is 9.83. The Morgan fingerprint density at radius 2 is 1.74 bits per heavy atom. The van der Waals surface area contributed by atoms with E-state index in [1.807, 2.05) is 4.90 Å². The van der Waals surface area contributed by atoms with Crippen molar-refractivity contribution in [2.45, 2.75) is 77.2 Å². The molecule has 0 aliphatic heterocycles. The van der Waals surface area contributed by atoms with Gasteiger partial charge in [-0.15, -0.1) is 11.3 Å². The van der Waals surface area contributed by atoms with Gasteiger partial charge in [-0.25, -0.2) is 9.59 Å². The third kappa shape index (κ3) is 9.05. The molecule has 1 aromatic rings. The van der Waals surface area contributed by atoms with E-state index in [9.17, 15) is 9.59 Å². The Balaban J connectivity index is 1.37. The number of carbonyl (C=O) groups is 2. The normalized spacial score (nSPS) is 17.8. The van der Waals surface area contributed by atoms with Gasteiger partial charge in [0.1, 0.15) is 6.61 Å². The van der Waals surface area contributed by atoms with Gasteiger partial charge >= 0.3 is 12.2 Å². The number of nitrogens with zero attached hydrogens (tertiary/aromatic N) is 2. The molecule has 2 aliphatic rings. The van der Waals surface area contributed by atoms with E-state index in [2.05, 4.69) is 10.3 Å². The number of hydrogen-bond donors (Lipinski definition) is 1. The Hall–Kier alpha value is -1.83. The van der Waals surface area contributed by atoms with Gasteiger partial charge in [-0.3, -0.25) is 4.98 Å². The summed E-state index contributed by atoms with van der Waals surface area (Å²) in [5.41, 5.74) is 1.74. The van der Waals surface area contributed by atoms with Crippen molar-refractivity contribution in [2.75, 3.05) is 26.2 Å². The first-order valence-corrected chi connectivity index (χ1v) is 12.8. The number of nitrogens with one attached hydrogen (secondary N) is 1. The molecular formula is C23H37N3O4S. The lowest BCUT2D eigenvalue weighted by Crippen LogP contribution is -2.38. The van der Waals surface area contributed by atoms with Crippen LogP contribution in [0.3, 0.4) is 0 Å². The molecule has 0 unspecified atom stereocenters. The lowest BCUT2D eigenvalue weighted by Gasteiger charge is -2.29. The molecule has 0 radical (unpaired) electrons. The second-order valence-electron chi connectivity index (χ2n) is 8.86. The molecule has 174 valence electrons. The van der Waals surface area contributed by atoms with Gasteiger partial charge < -0.3 is 19.7 Å². The van der Waals surface area contributed by atoms with E-state index in [1.165, 1.54) is 62.7 Å². The van der Waals surface area contributed by atoms with Crippen LogP contribution >= 0.6 is 11.3 Å².